The van der Waals surface area contributed by atoms with E-state index in [2.05, 4.69) is 30.3 Å². The Balaban J connectivity index is 1.24. The van der Waals surface area contributed by atoms with Crippen molar-refractivity contribution in [2.24, 2.45) is 7.05 Å². The molecular weight excluding hydrogens is 771 g/mol. The molecule has 3 aromatic heterocycles. The molecule has 0 radical (unpaired) electrons. The number of nitrogens with zero attached hydrogens (tertiary/aromatic N) is 4. The van der Waals surface area contributed by atoms with E-state index in [4.69, 9.17) is 32.7 Å². The van der Waals surface area contributed by atoms with Gasteiger partial charge in [-0.2, -0.15) is 0 Å². The first-order valence-electron chi connectivity index (χ1n) is 19.4. The Hall–Kier alpha value is -5.77. The van der Waals surface area contributed by atoms with Crippen LogP contribution in [0.3, 0.4) is 0 Å². The molecule has 1 aliphatic heterocycles. The lowest BCUT2D eigenvalue weighted by atomic mass is 9.93. The molecule has 7 aromatic rings. The SMILES string of the molecule is Cc1cc(OCCCc2c3n(c4c(-c5c(C)cc(OCc6ccccn6)cc5C)c(Cl)ccc24)[C@H](C)CN(c2cn(C)c4ccc(C(=O)O)cc24)C3=O)cc(C)c1Cl. The van der Waals surface area contributed by atoms with Gasteiger partial charge in [0, 0.05) is 58.9 Å². The molecule has 1 N–H and O–H groups in total. The molecule has 0 aliphatic carbocycles. The number of hydrogen-bond donors (Lipinski definition) is 1. The van der Waals surface area contributed by atoms with E-state index in [1.54, 1.807) is 29.3 Å². The van der Waals surface area contributed by atoms with Crippen molar-refractivity contribution in [2.75, 3.05) is 18.1 Å². The van der Waals surface area contributed by atoms with E-state index < -0.39 is 5.97 Å². The van der Waals surface area contributed by atoms with Gasteiger partial charge in [0.1, 0.15) is 23.8 Å². The second-order valence-corrected chi connectivity index (χ2v) is 16.1. The van der Waals surface area contributed by atoms with Crippen LogP contribution < -0.4 is 14.4 Å². The topological polar surface area (TPSA) is 98.8 Å². The van der Waals surface area contributed by atoms with Crippen LogP contribution in [-0.2, 0) is 20.1 Å². The molecule has 1 amide bonds. The van der Waals surface area contributed by atoms with Gasteiger partial charge in [-0.1, -0.05) is 35.3 Å². The van der Waals surface area contributed by atoms with Gasteiger partial charge < -0.3 is 28.6 Å². The summed E-state index contributed by atoms with van der Waals surface area (Å²) in [6.45, 7) is 11.3. The predicted octanol–water partition coefficient (Wildman–Crippen LogP) is 11.2. The predicted molar refractivity (Wildman–Crippen MR) is 231 cm³/mol. The van der Waals surface area contributed by atoms with E-state index in [0.29, 0.717) is 54.4 Å². The second kappa shape index (κ2) is 15.5. The minimum atomic E-state index is -1.02. The molecule has 0 fully saturated rings. The van der Waals surface area contributed by atoms with Crippen LogP contribution in [0.25, 0.3) is 32.9 Å². The molecule has 0 bridgehead atoms. The Kier molecular flexibility index (Phi) is 10.5. The number of aromatic nitrogens is 3. The molecule has 58 heavy (non-hydrogen) atoms. The van der Waals surface area contributed by atoms with Crippen molar-refractivity contribution in [2.45, 2.75) is 60.1 Å². The number of carbonyl (C=O) groups excluding carboxylic acids is 1. The number of hydrogen-bond acceptors (Lipinski definition) is 5. The molecule has 0 saturated carbocycles. The van der Waals surface area contributed by atoms with Crippen LogP contribution in [0.5, 0.6) is 11.5 Å². The lowest BCUT2D eigenvalue weighted by Crippen LogP contribution is -2.42. The van der Waals surface area contributed by atoms with E-state index >= 15 is 4.79 Å². The van der Waals surface area contributed by atoms with Crippen LogP contribution >= 0.6 is 23.2 Å². The maximum atomic E-state index is 15.2. The number of aryl methyl sites for hydroxylation is 6. The van der Waals surface area contributed by atoms with Crippen LogP contribution in [0, 0.1) is 27.7 Å². The van der Waals surface area contributed by atoms with Crippen LogP contribution in [0.1, 0.15) is 73.7 Å². The molecule has 11 heteroatoms. The zero-order valence-corrected chi connectivity index (χ0v) is 34.8. The number of rotatable bonds is 11. The van der Waals surface area contributed by atoms with E-state index in [0.717, 1.165) is 77.6 Å². The van der Waals surface area contributed by atoms with E-state index in [1.165, 1.54) is 0 Å². The summed E-state index contributed by atoms with van der Waals surface area (Å²) in [7, 11) is 1.91. The number of carboxylic acid groups (broad SMARTS) is 1. The van der Waals surface area contributed by atoms with E-state index in [-0.39, 0.29) is 17.5 Å². The van der Waals surface area contributed by atoms with Crippen LogP contribution in [0.4, 0.5) is 5.69 Å². The van der Waals surface area contributed by atoms with Gasteiger partial charge in [-0.05, 0) is 142 Å². The summed E-state index contributed by atoms with van der Waals surface area (Å²) in [4.78, 5) is 33.4. The molecule has 4 heterocycles. The Morgan fingerprint density at radius 3 is 2.28 bits per heavy atom. The number of aromatic carboxylic acids is 1. The van der Waals surface area contributed by atoms with Gasteiger partial charge in [0.25, 0.3) is 5.91 Å². The van der Waals surface area contributed by atoms with Gasteiger partial charge in [-0.25, -0.2) is 4.79 Å². The average molecular weight is 816 g/mol. The third kappa shape index (κ3) is 6.96. The fourth-order valence-electron chi connectivity index (χ4n) is 8.56. The van der Waals surface area contributed by atoms with Crippen molar-refractivity contribution in [3.63, 3.8) is 0 Å². The fraction of sp³-hybridized carbons (Fsp3) is 0.255. The Morgan fingerprint density at radius 1 is 0.879 bits per heavy atom. The lowest BCUT2D eigenvalue weighted by Gasteiger charge is -2.34. The molecule has 0 saturated heterocycles. The van der Waals surface area contributed by atoms with E-state index in [1.807, 2.05) is 86.3 Å². The third-order valence-corrected chi connectivity index (χ3v) is 12.1. The minimum Gasteiger partial charge on any atom is -0.494 e. The number of halogens is 2. The smallest absolute Gasteiger partial charge is 0.335 e. The van der Waals surface area contributed by atoms with Crippen molar-refractivity contribution >= 4 is 62.6 Å². The lowest BCUT2D eigenvalue weighted by molar-refractivity contribution is 0.0696. The number of amides is 1. The van der Waals surface area contributed by atoms with Crippen molar-refractivity contribution < 1.29 is 24.2 Å². The first kappa shape index (κ1) is 39.1. The highest BCUT2D eigenvalue weighted by atomic mass is 35.5. The zero-order chi connectivity index (χ0) is 41.0. The van der Waals surface area contributed by atoms with Crippen molar-refractivity contribution in [1.29, 1.82) is 0 Å². The van der Waals surface area contributed by atoms with Crippen LogP contribution in [0.15, 0.2) is 85.2 Å². The van der Waals surface area contributed by atoms with Gasteiger partial charge in [0.05, 0.1) is 34.1 Å². The Bertz CT molecular complexity index is 2730. The quantitative estimate of drug-likeness (QED) is 0.131. The molecule has 0 unspecified atom stereocenters. The Morgan fingerprint density at radius 2 is 1.59 bits per heavy atom. The van der Waals surface area contributed by atoms with Gasteiger partial charge in [-0.15, -0.1) is 0 Å². The summed E-state index contributed by atoms with van der Waals surface area (Å²) in [6.07, 6.45) is 4.87. The number of carboxylic acids is 1. The molecule has 1 aliphatic rings. The highest BCUT2D eigenvalue weighted by molar-refractivity contribution is 6.35. The average Bonchev–Trinajstić information content (AvgIpc) is 3.71. The summed E-state index contributed by atoms with van der Waals surface area (Å²) in [5.41, 5.74) is 10.7. The van der Waals surface area contributed by atoms with Crippen molar-refractivity contribution in [3.05, 3.63) is 140 Å². The van der Waals surface area contributed by atoms with E-state index in [9.17, 15) is 9.90 Å². The summed E-state index contributed by atoms with van der Waals surface area (Å²) < 4.78 is 16.6. The summed E-state index contributed by atoms with van der Waals surface area (Å²) >= 11 is 13.7. The number of pyridine rings is 1. The zero-order valence-electron chi connectivity index (χ0n) is 33.3. The number of ether oxygens (including phenoxy) is 2. The molecule has 4 aromatic carbocycles. The summed E-state index contributed by atoms with van der Waals surface area (Å²) in [5, 5.41) is 12.8. The standard InChI is InChI=1S/C47H44Cl2N4O5/c1-26-18-34(58-25-32-10-7-8-16-50-32)19-27(2)41(26)42-38(48)14-13-36-35(11-9-17-57-33-20-28(3)43(49)29(4)21-33)45-46(54)52(23-30(5)53(45)44(36)42)40-24-51(6)39-15-12-31(47(55)56)22-37(39)40/h7-8,10,12-16,18-22,24,30H,9,11,17,23,25H2,1-6H3,(H,55,56)/t30-/m1/s1. The third-order valence-electron chi connectivity index (χ3n) is 11.2. The number of fused-ring (bicyclic) bond motifs is 4. The van der Waals surface area contributed by atoms with Gasteiger partial charge in [-0.3, -0.25) is 9.78 Å². The van der Waals surface area contributed by atoms with Gasteiger partial charge in [0.2, 0.25) is 0 Å². The first-order chi connectivity index (χ1) is 27.8. The van der Waals surface area contributed by atoms with Crippen molar-refractivity contribution in [1.82, 2.24) is 14.1 Å². The summed E-state index contributed by atoms with van der Waals surface area (Å²) in [5.74, 6) is 0.308. The minimum absolute atomic E-state index is 0.156. The van der Waals surface area contributed by atoms with Crippen LogP contribution in [0.2, 0.25) is 10.0 Å². The molecular formula is C47H44Cl2N4O5. The van der Waals surface area contributed by atoms with Gasteiger partial charge >= 0.3 is 5.97 Å². The monoisotopic (exact) mass is 814 g/mol. The normalized spacial score (nSPS) is 14.0. The molecule has 8 rings (SSSR count). The fourth-order valence-corrected chi connectivity index (χ4v) is 8.92. The first-order valence-corrected chi connectivity index (χ1v) is 20.1. The number of anilines is 1. The Labute approximate surface area is 347 Å². The maximum Gasteiger partial charge on any atom is 0.335 e. The largest absolute Gasteiger partial charge is 0.494 e. The maximum absolute atomic E-state index is 15.2. The highest BCUT2D eigenvalue weighted by Crippen LogP contribution is 2.46. The molecule has 9 nitrogen and oxygen atoms in total. The van der Waals surface area contributed by atoms with Crippen LogP contribution in [-0.4, -0.2) is 44.3 Å². The second-order valence-electron chi connectivity index (χ2n) is 15.3. The molecule has 0 spiro atoms. The molecule has 296 valence electrons. The van der Waals surface area contributed by atoms with Crippen molar-refractivity contribution in [3.8, 4) is 22.6 Å². The van der Waals surface area contributed by atoms with Gasteiger partial charge in [0.15, 0.2) is 0 Å². The highest BCUT2D eigenvalue weighted by Gasteiger charge is 2.37. The number of carbonyl (C=O) groups is 2. The number of benzene rings is 4. The molecule has 1 atom stereocenters. The summed E-state index contributed by atoms with van der Waals surface area (Å²) in [6, 6.07) is 22.5.